The van der Waals surface area contributed by atoms with Gasteiger partial charge in [-0.15, -0.1) is 0 Å². The Morgan fingerprint density at radius 1 is 1.31 bits per heavy atom. The number of nitrogens with zero attached hydrogens (tertiary/aromatic N) is 2. The molecule has 1 unspecified atom stereocenters. The van der Waals surface area contributed by atoms with Gasteiger partial charge in [-0.3, -0.25) is 0 Å². The number of carboxylic acid groups (broad SMARTS) is 1. The molecular formula is C19H20F3N5O2. The monoisotopic (exact) mass is 407 g/mol. The Labute approximate surface area is 164 Å². The van der Waals surface area contributed by atoms with Gasteiger partial charge in [-0.25, -0.2) is 14.8 Å². The minimum absolute atomic E-state index is 0.0242. The van der Waals surface area contributed by atoms with Gasteiger partial charge in [-0.1, -0.05) is 12.1 Å². The molecule has 0 saturated carbocycles. The fraction of sp³-hybridized carbons (Fsp3) is 0.316. The summed E-state index contributed by atoms with van der Waals surface area (Å²) in [5.74, 6) is -1.06. The lowest BCUT2D eigenvalue weighted by Gasteiger charge is -2.13. The molecule has 29 heavy (non-hydrogen) atoms. The van der Waals surface area contributed by atoms with E-state index in [4.69, 9.17) is 0 Å². The summed E-state index contributed by atoms with van der Waals surface area (Å²) in [7, 11) is 1.71. The summed E-state index contributed by atoms with van der Waals surface area (Å²) in [6, 6.07) is 6.39. The van der Waals surface area contributed by atoms with Gasteiger partial charge in [-0.05, 0) is 33.0 Å². The number of H-pyrrole nitrogens is 1. The Kier molecular flexibility index (Phi) is 5.47. The van der Waals surface area contributed by atoms with Crippen LogP contribution in [0.15, 0.2) is 24.3 Å². The molecule has 2 heterocycles. The van der Waals surface area contributed by atoms with Gasteiger partial charge < -0.3 is 20.7 Å². The normalized spacial score (nSPS) is 12.9. The molecule has 0 aliphatic carbocycles. The standard InChI is InChI=1S/C19H20F3N5O2/c1-9(23-3)15-12(18(28)29)7-14(26-15)11-5-4-6-13-16(11)27-17(10(2)25-13)24-8-19(20,21)22/h4-7,9,23,26H,8H2,1-3H3,(H,24,27)(H,28,29). The highest BCUT2D eigenvalue weighted by Crippen LogP contribution is 2.31. The van der Waals surface area contributed by atoms with Crippen molar-refractivity contribution in [2.45, 2.75) is 26.1 Å². The lowest BCUT2D eigenvalue weighted by Crippen LogP contribution is -2.22. The van der Waals surface area contributed by atoms with Gasteiger partial charge in [0.15, 0.2) is 0 Å². The van der Waals surface area contributed by atoms with Crippen molar-refractivity contribution in [2.75, 3.05) is 18.9 Å². The number of anilines is 1. The third-order valence-corrected chi connectivity index (χ3v) is 4.56. The zero-order chi connectivity index (χ0) is 21.3. The second-order valence-electron chi connectivity index (χ2n) is 6.63. The van der Waals surface area contributed by atoms with Crippen molar-refractivity contribution in [3.8, 4) is 11.3 Å². The number of aromatic carboxylic acids is 1. The second kappa shape index (κ2) is 7.70. The quantitative estimate of drug-likeness (QED) is 0.495. The number of aromatic nitrogens is 3. The molecule has 0 saturated heterocycles. The first kappa shape index (κ1) is 20.6. The van der Waals surface area contributed by atoms with Crippen LogP contribution in [0.1, 0.15) is 34.7 Å². The van der Waals surface area contributed by atoms with Gasteiger partial charge in [0.05, 0.1) is 16.8 Å². The largest absolute Gasteiger partial charge is 0.478 e. The Morgan fingerprint density at radius 2 is 2.03 bits per heavy atom. The summed E-state index contributed by atoms with van der Waals surface area (Å²) in [6.07, 6.45) is -4.39. The fourth-order valence-electron chi connectivity index (χ4n) is 3.01. The molecule has 0 amide bonds. The van der Waals surface area contributed by atoms with Crippen LogP contribution in [0.5, 0.6) is 0 Å². The van der Waals surface area contributed by atoms with Crippen molar-refractivity contribution >= 4 is 22.8 Å². The number of benzene rings is 1. The molecule has 0 spiro atoms. The van der Waals surface area contributed by atoms with Crippen molar-refractivity contribution < 1.29 is 23.1 Å². The number of para-hydroxylation sites is 1. The zero-order valence-corrected chi connectivity index (χ0v) is 16.0. The van der Waals surface area contributed by atoms with E-state index in [9.17, 15) is 23.1 Å². The summed E-state index contributed by atoms with van der Waals surface area (Å²) < 4.78 is 37.8. The fourth-order valence-corrected chi connectivity index (χ4v) is 3.01. The number of hydrogen-bond acceptors (Lipinski definition) is 5. The lowest BCUT2D eigenvalue weighted by molar-refractivity contribution is -0.115. The van der Waals surface area contributed by atoms with E-state index in [-0.39, 0.29) is 17.4 Å². The first-order chi connectivity index (χ1) is 13.6. The second-order valence-corrected chi connectivity index (χ2v) is 6.63. The van der Waals surface area contributed by atoms with Crippen LogP contribution in [-0.2, 0) is 0 Å². The van der Waals surface area contributed by atoms with Gasteiger partial charge in [-0.2, -0.15) is 13.2 Å². The first-order valence-corrected chi connectivity index (χ1v) is 8.82. The Balaban J connectivity index is 2.14. The van der Waals surface area contributed by atoms with Crippen LogP contribution in [0.2, 0.25) is 0 Å². The molecule has 1 aromatic carbocycles. The van der Waals surface area contributed by atoms with E-state index in [1.165, 1.54) is 6.07 Å². The molecule has 2 aromatic heterocycles. The summed E-state index contributed by atoms with van der Waals surface area (Å²) in [4.78, 5) is 23.4. The van der Waals surface area contributed by atoms with E-state index < -0.39 is 18.7 Å². The highest BCUT2D eigenvalue weighted by atomic mass is 19.4. The molecule has 7 nitrogen and oxygen atoms in total. The average Bonchev–Trinajstić information content (AvgIpc) is 3.10. The van der Waals surface area contributed by atoms with E-state index >= 15 is 0 Å². The number of nitrogens with one attached hydrogen (secondary N) is 3. The molecule has 1 atom stereocenters. The van der Waals surface area contributed by atoms with E-state index in [1.807, 2.05) is 6.92 Å². The predicted molar refractivity (Wildman–Crippen MR) is 103 cm³/mol. The third kappa shape index (κ3) is 4.32. The number of alkyl halides is 3. The minimum atomic E-state index is -4.39. The lowest BCUT2D eigenvalue weighted by atomic mass is 10.1. The maximum absolute atomic E-state index is 12.6. The topological polar surface area (TPSA) is 103 Å². The number of fused-ring (bicyclic) bond motifs is 1. The van der Waals surface area contributed by atoms with Gasteiger partial charge >= 0.3 is 12.1 Å². The third-order valence-electron chi connectivity index (χ3n) is 4.56. The molecule has 0 fully saturated rings. The summed E-state index contributed by atoms with van der Waals surface area (Å²) in [5.41, 5.74) is 2.82. The summed E-state index contributed by atoms with van der Waals surface area (Å²) in [5, 5.41) is 14.8. The van der Waals surface area contributed by atoms with Crippen LogP contribution >= 0.6 is 0 Å². The van der Waals surface area contributed by atoms with Crippen molar-refractivity contribution in [2.24, 2.45) is 0 Å². The van der Waals surface area contributed by atoms with Gasteiger partial charge in [0, 0.05) is 23.0 Å². The van der Waals surface area contributed by atoms with Crippen LogP contribution in [0.4, 0.5) is 19.0 Å². The molecular weight excluding hydrogens is 387 g/mol. The molecule has 154 valence electrons. The average molecular weight is 407 g/mol. The highest BCUT2D eigenvalue weighted by molar-refractivity contribution is 5.95. The van der Waals surface area contributed by atoms with E-state index in [0.29, 0.717) is 33.7 Å². The smallest absolute Gasteiger partial charge is 0.405 e. The van der Waals surface area contributed by atoms with Crippen LogP contribution in [-0.4, -0.2) is 45.8 Å². The van der Waals surface area contributed by atoms with E-state index in [2.05, 4.69) is 25.6 Å². The Hall–Kier alpha value is -3.14. The van der Waals surface area contributed by atoms with Gasteiger partial charge in [0.1, 0.15) is 17.9 Å². The number of rotatable bonds is 6. The summed E-state index contributed by atoms with van der Waals surface area (Å²) in [6.45, 7) is 2.15. The summed E-state index contributed by atoms with van der Waals surface area (Å²) >= 11 is 0. The van der Waals surface area contributed by atoms with Crippen molar-refractivity contribution in [1.29, 1.82) is 0 Å². The SMILES string of the molecule is CNC(C)c1[nH]c(-c2cccc3nc(C)c(NCC(F)(F)F)nc23)cc1C(=O)O. The number of hydrogen-bond donors (Lipinski definition) is 4. The zero-order valence-electron chi connectivity index (χ0n) is 16.0. The van der Waals surface area contributed by atoms with Crippen molar-refractivity contribution in [3.63, 3.8) is 0 Å². The molecule has 10 heteroatoms. The molecule has 3 aromatic rings. The Morgan fingerprint density at radius 3 is 2.66 bits per heavy atom. The number of aromatic amines is 1. The predicted octanol–water partition coefficient (Wildman–Crippen LogP) is 3.89. The van der Waals surface area contributed by atoms with Crippen molar-refractivity contribution in [3.05, 3.63) is 41.2 Å². The van der Waals surface area contributed by atoms with Crippen LogP contribution in [0, 0.1) is 6.92 Å². The van der Waals surface area contributed by atoms with E-state index in [0.717, 1.165) is 0 Å². The van der Waals surface area contributed by atoms with Crippen LogP contribution in [0.25, 0.3) is 22.3 Å². The maximum Gasteiger partial charge on any atom is 0.405 e. The molecule has 0 bridgehead atoms. The highest BCUT2D eigenvalue weighted by Gasteiger charge is 2.27. The van der Waals surface area contributed by atoms with Crippen molar-refractivity contribution in [1.82, 2.24) is 20.3 Å². The van der Waals surface area contributed by atoms with Crippen LogP contribution in [0.3, 0.4) is 0 Å². The molecule has 0 aliphatic rings. The van der Waals surface area contributed by atoms with Gasteiger partial charge in [0.2, 0.25) is 0 Å². The number of halogens is 3. The first-order valence-electron chi connectivity index (χ1n) is 8.82. The Bertz CT molecular complexity index is 1060. The number of aryl methyl sites for hydroxylation is 1. The van der Waals surface area contributed by atoms with Gasteiger partial charge in [0.25, 0.3) is 0 Å². The molecule has 4 N–H and O–H groups in total. The minimum Gasteiger partial charge on any atom is -0.478 e. The van der Waals surface area contributed by atoms with Crippen LogP contribution < -0.4 is 10.6 Å². The molecule has 3 rings (SSSR count). The van der Waals surface area contributed by atoms with E-state index in [1.54, 1.807) is 32.2 Å². The molecule has 0 radical (unpaired) electrons. The number of carboxylic acids is 1. The molecule has 0 aliphatic heterocycles. The maximum atomic E-state index is 12.6. The number of carbonyl (C=O) groups is 1.